The molecule has 0 aliphatic heterocycles. The van der Waals surface area contributed by atoms with Gasteiger partial charge in [-0.05, 0) is 31.5 Å². The highest BCUT2D eigenvalue weighted by Crippen LogP contribution is 2.33. The molecule has 0 bridgehead atoms. The van der Waals surface area contributed by atoms with Gasteiger partial charge in [-0.25, -0.2) is 0 Å². The van der Waals surface area contributed by atoms with E-state index >= 15 is 0 Å². The lowest BCUT2D eigenvalue weighted by molar-refractivity contribution is 0.277. The average molecular weight is 344 g/mol. The van der Waals surface area contributed by atoms with Gasteiger partial charge in [0, 0.05) is 17.6 Å². The van der Waals surface area contributed by atoms with Gasteiger partial charge in [0.25, 0.3) is 5.56 Å². The number of hydrogen-bond donors (Lipinski definition) is 2. The van der Waals surface area contributed by atoms with E-state index < -0.39 is 0 Å². The monoisotopic (exact) mass is 344 g/mol. The van der Waals surface area contributed by atoms with E-state index in [0.29, 0.717) is 12.4 Å². The van der Waals surface area contributed by atoms with Crippen LogP contribution in [0.3, 0.4) is 0 Å². The van der Waals surface area contributed by atoms with Gasteiger partial charge in [0.05, 0.1) is 12.1 Å². The summed E-state index contributed by atoms with van der Waals surface area (Å²) < 4.78 is 11.6. The zero-order valence-electron chi connectivity index (χ0n) is 15.2. The fraction of sp³-hybridized carbons (Fsp3) is 0.450. The Balaban J connectivity index is 2.36. The second-order valence-electron chi connectivity index (χ2n) is 5.91. The van der Waals surface area contributed by atoms with E-state index in [-0.39, 0.29) is 17.9 Å². The predicted molar refractivity (Wildman–Crippen MR) is 104 cm³/mol. The van der Waals surface area contributed by atoms with Crippen LogP contribution in [0.25, 0.3) is 10.9 Å². The average Bonchev–Trinajstić information content (AvgIpc) is 2.60. The smallest absolute Gasteiger partial charge is 0.294 e. The first-order chi connectivity index (χ1) is 12.2. The summed E-state index contributed by atoms with van der Waals surface area (Å²) in [6.45, 7) is 9.49. The zero-order valence-corrected chi connectivity index (χ0v) is 15.2. The van der Waals surface area contributed by atoms with Gasteiger partial charge in [0.1, 0.15) is 6.61 Å². The van der Waals surface area contributed by atoms with E-state index in [2.05, 4.69) is 23.8 Å². The Morgan fingerprint density at radius 2 is 2.00 bits per heavy atom. The molecule has 2 N–H and O–H groups in total. The van der Waals surface area contributed by atoms with Crippen molar-refractivity contribution in [2.45, 2.75) is 39.5 Å². The molecule has 1 aromatic heterocycles. The van der Waals surface area contributed by atoms with Crippen LogP contribution in [0.5, 0.6) is 11.5 Å². The van der Waals surface area contributed by atoms with Crippen LogP contribution in [-0.4, -0.2) is 24.7 Å². The molecule has 0 fully saturated rings. The highest BCUT2D eigenvalue weighted by Gasteiger charge is 2.16. The number of H-pyrrole nitrogens is 1. The third-order valence-corrected chi connectivity index (χ3v) is 3.90. The van der Waals surface area contributed by atoms with Crippen molar-refractivity contribution in [1.29, 1.82) is 0 Å². The third-order valence-electron chi connectivity index (χ3n) is 3.90. The Bertz CT molecular complexity index is 752. The molecule has 5 nitrogen and oxygen atoms in total. The number of aromatic amines is 1. The van der Waals surface area contributed by atoms with Crippen LogP contribution < -0.4 is 20.3 Å². The second kappa shape index (κ2) is 9.77. The van der Waals surface area contributed by atoms with Crippen molar-refractivity contribution < 1.29 is 9.47 Å². The molecule has 0 radical (unpaired) electrons. The molecular formula is C20H28N2O3. The Morgan fingerprint density at radius 3 is 2.72 bits per heavy atom. The second-order valence-corrected chi connectivity index (χ2v) is 5.91. The van der Waals surface area contributed by atoms with Crippen molar-refractivity contribution in [2.75, 3.05) is 25.1 Å². The van der Waals surface area contributed by atoms with Crippen LogP contribution in [0.1, 0.15) is 39.5 Å². The maximum atomic E-state index is 12.4. The van der Waals surface area contributed by atoms with Crippen molar-refractivity contribution in [3.05, 3.63) is 41.2 Å². The van der Waals surface area contributed by atoms with Crippen LogP contribution in [0.4, 0.5) is 5.69 Å². The Kier molecular flexibility index (Phi) is 7.38. The van der Waals surface area contributed by atoms with Crippen LogP contribution in [-0.2, 0) is 0 Å². The van der Waals surface area contributed by atoms with Crippen molar-refractivity contribution in [2.24, 2.45) is 0 Å². The lowest BCUT2D eigenvalue weighted by Gasteiger charge is -2.15. The van der Waals surface area contributed by atoms with E-state index in [1.165, 1.54) is 12.8 Å². The molecule has 0 atom stereocenters. The minimum absolute atomic E-state index is 0.221. The molecule has 1 aromatic carbocycles. The molecule has 0 unspecified atom stereocenters. The third kappa shape index (κ3) is 5.02. The van der Waals surface area contributed by atoms with Crippen molar-refractivity contribution in [3.63, 3.8) is 0 Å². The fourth-order valence-electron chi connectivity index (χ4n) is 2.68. The summed E-state index contributed by atoms with van der Waals surface area (Å²) in [7, 11) is 0. The van der Waals surface area contributed by atoms with Crippen LogP contribution >= 0.6 is 0 Å². The summed E-state index contributed by atoms with van der Waals surface area (Å²) in [5.41, 5.74) is 1.41. The maximum absolute atomic E-state index is 12.4. The van der Waals surface area contributed by atoms with Crippen molar-refractivity contribution >= 4 is 16.6 Å². The first-order valence-electron chi connectivity index (χ1n) is 9.01. The van der Waals surface area contributed by atoms with Gasteiger partial charge in [0.2, 0.25) is 5.75 Å². The lowest BCUT2D eigenvalue weighted by atomic mass is 10.1. The molecule has 0 saturated carbocycles. The molecule has 0 aliphatic rings. The first kappa shape index (κ1) is 18.9. The molecule has 136 valence electrons. The summed E-state index contributed by atoms with van der Waals surface area (Å²) in [6.07, 6.45) is 6.05. The Labute approximate surface area is 149 Å². The molecule has 0 amide bonds. The first-order valence-corrected chi connectivity index (χ1v) is 9.01. The molecule has 25 heavy (non-hydrogen) atoms. The molecule has 0 saturated heterocycles. The number of unbranched alkanes of at least 4 members (excludes halogenated alkanes) is 3. The minimum atomic E-state index is -0.286. The zero-order chi connectivity index (χ0) is 18.1. The number of aromatic nitrogens is 1. The summed E-state index contributed by atoms with van der Waals surface area (Å²) >= 11 is 0. The summed E-state index contributed by atoms with van der Waals surface area (Å²) in [4.78, 5) is 15.3. The van der Waals surface area contributed by atoms with Gasteiger partial charge in [-0.3, -0.25) is 4.79 Å². The molecule has 0 spiro atoms. The van der Waals surface area contributed by atoms with Crippen LogP contribution in [0.2, 0.25) is 0 Å². The van der Waals surface area contributed by atoms with E-state index in [4.69, 9.17) is 9.47 Å². The molecule has 5 heteroatoms. The lowest BCUT2D eigenvalue weighted by Crippen LogP contribution is -2.14. The molecule has 1 heterocycles. The summed E-state index contributed by atoms with van der Waals surface area (Å²) in [5, 5.41) is 4.09. The summed E-state index contributed by atoms with van der Waals surface area (Å²) in [6, 6.07) is 5.85. The van der Waals surface area contributed by atoms with Gasteiger partial charge >= 0.3 is 0 Å². The predicted octanol–water partition coefficient (Wildman–Crippen LogP) is 4.48. The largest absolute Gasteiger partial charge is 0.489 e. The topological polar surface area (TPSA) is 63.4 Å². The van der Waals surface area contributed by atoms with Gasteiger partial charge in [0.15, 0.2) is 5.75 Å². The minimum Gasteiger partial charge on any atom is -0.489 e. The normalized spacial score (nSPS) is 10.6. The van der Waals surface area contributed by atoms with Gasteiger partial charge in [-0.1, -0.05) is 38.8 Å². The van der Waals surface area contributed by atoms with Gasteiger partial charge in [-0.2, -0.15) is 0 Å². The maximum Gasteiger partial charge on any atom is 0.294 e. The highest BCUT2D eigenvalue weighted by atomic mass is 16.5. The number of hydrogen-bond acceptors (Lipinski definition) is 4. The van der Waals surface area contributed by atoms with Crippen LogP contribution in [0, 0.1) is 0 Å². The number of pyridine rings is 1. The highest BCUT2D eigenvalue weighted by molar-refractivity contribution is 5.89. The van der Waals surface area contributed by atoms with Crippen molar-refractivity contribution in [1.82, 2.24) is 4.98 Å². The van der Waals surface area contributed by atoms with E-state index in [9.17, 15) is 4.79 Å². The number of anilines is 1. The SMILES string of the molecule is C=CCOc1c(OCCCCCC)c2ccc(NCC)cc2[nH]c1=O. The van der Waals surface area contributed by atoms with Crippen molar-refractivity contribution in [3.8, 4) is 11.5 Å². The van der Waals surface area contributed by atoms with Gasteiger partial charge < -0.3 is 19.8 Å². The van der Waals surface area contributed by atoms with E-state index in [1.54, 1.807) is 6.08 Å². The quantitative estimate of drug-likeness (QED) is 0.466. The summed E-state index contributed by atoms with van der Waals surface area (Å²) in [5.74, 6) is 0.735. The molecule has 0 aliphatic carbocycles. The van der Waals surface area contributed by atoms with E-state index in [0.717, 1.165) is 36.0 Å². The molecule has 2 aromatic rings. The number of fused-ring (bicyclic) bond motifs is 1. The Hall–Kier alpha value is -2.43. The number of rotatable bonds is 11. The van der Waals surface area contributed by atoms with Gasteiger partial charge in [-0.15, -0.1) is 0 Å². The standard InChI is InChI=1S/C20H28N2O3/c1-4-7-8-9-13-25-18-16-11-10-15(21-6-3)14-17(16)22-20(23)19(18)24-12-5-2/h5,10-11,14,21H,2,4,6-9,12-13H2,1,3H3,(H,22,23). The van der Waals surface area contributed by atoms with Crippen LogP contribution in [0.15, 0.2) is 35.6 Å². The molecule has 2 rings (SSSR count). The number of benzene rings is 1. The number of ether oxygens (including phenoxy) is 2. The number of nitrogens with one attached hydrogen (secondary N) is 2. The fourth-order valence-corrected chi connectivity index (χ4v) is 2.68. The van der Waals surface area contributed by atoms with E-state index in [1.807, 2.05) is 25.1 Å². The molecular weight excluding hydrogens is 316 g/mol. The Morgan fingerprint density at radius 1 is 1.16 bits per heavy atom.